The number of allylic oxidation sites excluding steroid dienone is 1. The number of esters is 2. The minimum atomic E-state index is -0.632. The maximum atomic E-state index is 12.0. The Morgan fingerprint density at radius 3 is 2.21 bits per heavy atom. The van der Waals surface area contributed by atoms with Crippen molar-refractivity contribution in [1.29, 1.82) is 0 Å². The van der Waals surface area contributed by atoms with Gasteiger partial charge >= 0.3 is 18.0 Å². The molecule has 0 atom stereocenters. The normalized spacial score (nSPS) is 11.0. The largest absolute Gasteiger partial charge is 0.465 e. The number of urea groups is 1. The van der Waals surface area contributed by atoms with Gasteiger partial charge in [0.05, 0.1) is 31.0 Å². The average molecular weight is 334 g/mol. The molecule has 2 amide bonds. The molecule has 1 aromatic carbocycles. The zero-order valence-electron chi connectivity index (χ0n) is 14.4. The second kappa shape index (κ2) is 8.14. The van der Waals surface area contributed by atoms with Crippen molar-refractivity contribution in [3.63, 3.8) is 0 Å². The third-order valence-electron chi connectivity index (χ3n) is 2.89. The Labute approximate surface area is 141 Å². The number of nitrogens with one attached hydrogen (secondary N) is 2. The molecule has 0 heterocycles. The standard InChI is InChI=1S/C17H22N2O5/c1-17(2,3)8-9-18-16(22)19-13-10-11(14(20)23-4)6-7-12(13)15(21)24-5/h6-10H,1-5H3,(H2,18,19,22)/b9-8+. The quantitative estimate of drug-likeness (QED) is 0.826. The molecule has 0 aliphatic rings. The highest BCUT2D eigenvalue weighted by Crippen LogP contribution is 2.20. The van der Waals surface area contributed by atoms with Crippen LogP contribution in [0.25, 0.3) is 0 Å². The van der Waals surface area contributed by atoms with Crippen molar-refractivity contribution in [3.05, 3.63) is 41.6 Å². The van der Waals surface area contributed by atoms with Crippen LogP contribution in [0.2, 0.25) is 0 Å². The van der Waals surface area contributed by atoms with Gasteiger partial charge in [0.2, 0.25) is 0 Å². The van der Waals surface area contributed by atoms with Crippen LogP contribution in [-0.4, -0.2) is 32.2 Å². The molecule has 0 aliphatic carbocycles. The fourth-order valence-corrected chi connectivity index (χ4v) is 1.71. The Morgan fingerprint density at radius 1 is 1.04 bits per heavy atom. The first-order valence-corrected chi connectivity index (χ1v) is 7.24. The predicted octanol–water partition coefficient (Wildman–Crippen LogP) is 2.94. The topological polar surface area (TPSA) is 93.7 Å². The minimum absolute atomic E-state index is 0.0880. The lowest BCUT2D eigenvalue weighted by atomic mass is 9.97. The van der Waals surface area contributed by atoms with Gasteiger partial charge in [0, 0.05) is 6.20 Å². The highest BCUT2D eigenvalue weighted by atomic mass is 16.5. The van der Waals surface area contributed by atoms with E-state index in [9.17, 15) is 14.4 Å². The summed E-state index contributed by atoms with van der Waals surface area (Å²) < 4.78 is 9.30. The number of hydrogen-bond acceptors (Lipinski definition) is 5. The Morgan fingerprint density at radius 2 is 1.67 bits per heavy atom. The Balaban J connectivity index is 3.01. The van der Waals surface area contributed by atoms with E-state index < -0.39 is 18.0 Å². The third kappa shape index (κ3) is 5.75. The van der Waals surface area contributed by atoms with E-state index in [2.05, 4.69) is 20.1 Å². The molecule has 7 nitrogen and oxygen atoms in total. The molecule has 7 heteroatoms. The van der Waals surface area contributed by atoms with Gasteiger partial charge in [-0.25, -0.2) is 14.4 Å². The van der Waals surface area contributed by atoms with Gasteiger partial charge in [0.15, 0.2) is 0 Å². The van der Waals surface area contributed by atoms with Gasteiger partial charge in [-0.05, 0) is 23.6 Å². The van der Waals surface area contributed by atoms with Crippen LogP contribution in [0.3, 0.4) is 0 Å². The molecule has 0 aromatic heterocycles. The van der Waals surface area contributed by atoms with Gasteiger partial charge in [-0.15, -0.1) is 0 Å². The first-order valence-electron chi connectivity index (χ1n) is 7.24. The monoisotopic (exact) mass is 334 g/mol. The van der Waals surface area contributed by atoms with Gasteiger partial charge < -0.3 is 20.1 Å². The van der Waals surface area contributed by atoms with Crippen LogP contribution in [0.5, 0.6) is 0 Å². The summed E-state index contributed by atoms with van der Waals surface area (Å²) in [6.07, 6.45) is 3.33. The predicted molar refractivity (Wildman–Crippen MR) is 89.9 cm³/mol. The lowest BCUT2D eigenvalue weighted by Crippen LogP contribution is -2.25. The molecular weight excluding hydrogens is 312 g/mol. The third-order valence-corrected chi connectivity index (χ3v) is 2.89. The summed E-state index contributed by atoms with van der Waals surface area (Å²) in [5.41, 5.74) is 0.382. The molecule has 130 valence electrons. The molecular formula is C17H22N2O5. The molecule has 1 aromatic rings. The van der Waals surface area contributed by atoms with E-state index in [0.717, 1.165) is 0 Å². The highest BCUT2D eigenvalue weighted by molar-refractivity contribution is 6.03. The van der Waals surface area contributed by atoms with Crippen LogP contribution in [0.1, 0.15) is 41.5 Å². The fourth-order valence-electron chi connectivity index (χ4n) is 1.71. The van der Waals surface area contributed by atoms with Crippen molar-refractivity contribution >= 4 is 23.7 Å². The first-order chi connectivity index (χ1) is 11.2. The van der Waals surface area contributed by atoms with E-state index >= 15 is 0 Å². The molecule has 0 saturated carbocycles. The van der Waals surface area contributed by atoms with Crippen LogP contribution in [0.4, 0.5) is 10.5 Å². The Bertz CT molecular complexity index is 659. The van der Waals surface area contributed by atoms with E-state index in [0.29, 0.717) is 0 Å². The van der Waals surface area contributed by atoms with Gasteiger partial charge in [-0.1, -0.05) is 26.8 Å². The number of ether oxygens (including phenoxy) is 2. The second-order valence-electron chi connectivity index (χ2n) is 6.04. The maximum absolute atomic E-state index is 12.0. The van der Waals surface area contributed by atoms with Crippen LogP contribution in [0.15, 0.2) is 30.5 Å². The van der Waals surface area contributed by atoms with Gasteiger partial charge in [0.1, 0.15) is 0 Å². The minimum Gasteiger partial charge on any atom is -0.465 e. The summed E-state index contributed by atoms with van der Waals surface area (Å²) in [7, 11) is 2.47. The lowest BCUT2D eigenvalue weighted by Gasteiger charge is -2.13. The number of rotatable bonds is 4. The average Bonchev–Trinajstić information content (AvgIpc) is 2.52. The number of anilines is 1. The number of benzene rings is 1. The van der Waals surface area contributed by atoms with Crippen molar-refractivity contribution in [2.24, 2.45) is 5.41 Å². The summed E-state index contributed by atoms with van der Waals surface area (Å²) in [4.78, 5) is 35.4. The zero-order valence-corrected chi connectivity index (χ0v) is 14.4. The number of carbonyl (C=O) groups excluding carboxylic acids is 3. The summed E-state index contributed by atoms with van der Waals surface area (Å²) in [5, 5.41) is 5.06. The van der Waals surface area contributed by atoms with Crippen LogP contribution < -0.4 is 10.6 Å². The first kappa shape index (κ1) is 19.2. The number of hydrogen-bond donors (Lipinski definition) is 2. The maximum Gasteiger partial charge on any atom is 0.339 e. The molecule has 1 rings (SSSR count). The summed E-state index contributed by atoms with van der Waals surface area (Å²) in [6.45, 7) is 5.95. The highest BCUT2D eigenvalue weighted by Gasteiger charge is 2.17. The molecule has 0 aliphatic heterocycles. The second-order valence-corrected chi connectivity index (χ2v) is 6.04. The van der Waals surface area contributed by atoms with Crippen molar-refractivity contribution < 1.29 is 23.9 Å². The number of amides is 2. The smallest absolute Gasteiger partial charge is 0.339 e. The Hall–Kier alpha value is -2.83. The van der Waals surface area contributed by atoms with Crippen molar-refractivity contribution in [2.45, 2.75) is 20.8 Å². The van der Waals surface area contributed by atoms with E-state index in [4.69, 9.17) is 0 Å². The molecule has 0 radical (unpaired) electrons. The van der Waals surface area contributed by atoms with Crippen LogP contribution >= 0.6 is 0 Å². The SMILES string of the molecule is COC(=O)c1ccc(C(=O)OC)c(NC(=O)N/C=C/C(C)(C)C)c1. The zero-order chi connectivity index (χ0) is 18.3. The molecule has 2 N–H and O–H groups in total. The van der Waals surface area contributed by atoms with Crippen LogP contribution in [0, 0.1) is 5.41 Å². The van der Waals surface area contributed by atoms with E-state index in [1.165, 1.54) is 38.6 Å². The van der Waals surface area contributed by atoms with Crippen molar-refractivity contribution in [3.8, 4) is 0 Å². The molecule has 0 unspecified atom stereocenters. The number of methoxy groups -OCH3 is 2. The van der Waals surface area contributed by atoms with Gasteiger partial charge in [0.25, 0.3) is 0 Å². The molecule has 0 saturated heterocycles. The number of carbonyl (C=O) groups is 3. The van der Waals surface area contributed by atoms with E-state index in [-0.39, 0.29) is 22.2 Å². The van der Waals surface area contributed by atoms with Crippen LogP contribution in [-0.2, 0) is 9.47 Å². The molecule has 24 heavy (non-hydrogen) atoms. The summed E-state index contributed by atoms with van der Waals surface area (Å²) in [6, 6.07) is 3.60. The van der Waals surface area contributed by atoms with E-state index in [1.54, 1.807) is 0 Å². The molecule has 0 spiro atoms. The van der Waals surface area contributed by atoms with Crippen molar-refractivity contribution in [2.75, 3.05) is 19.5 Å². The van der Waals surface area contributed by atoms with Crippen molar-refractivity contribution in [1.82, 2.24) is 5.32 Å². The Kier molecular flexibility index (Phi) is 6.52. The van der Waals surface area contributed by atoms with Gasteiger partial charge in [-0.2, -0.15) is 0 Å². The summed E-state index contributed by atoms with van der Waals surface area (Å²) >= 11 is 0. The molecule has 0 fully saturated rings. The molecule has 0 bridgehead atoms. The summed E-state index contributed by atoms with van der Waals surface area (Å²) in [5.74, 6) is -1.21. The fraction of sp³-hybridized carbons (Fsp3) is 0.353. The lowest BCUT2D eigenvalue weighted by molar-refractivity contribution is 0.0587. The van der Waals surface area contributed by atoms with E-state index in [1.807, 2.05) is 26.8 Å². The van der Waals surface area contributed by atoms with Gasteiger partial charge in [-0.3, -0.25) is 0 Å².